The Bertz CT molecular complexity index is 428. The molecule has 0 bridgehead atoms. The smallest absolute Gasteiger partial charge is 0.222 e. The summed E-state index contributed by atoms with van der Waals surface area (Å²) in [5, 5.41) is 3.03. The minimum atomic E-state index is -0.209. The summed E-state index contributed by atoms with van der Waals surface area (Å²) >= 11 is 0. The number of carbonyl (C=O) groups is 1. The summed E-state index contributed by atoms with van der Waals surface area (Å²) in [6, 6.07) is 10.5. The molecule has 0 saturated carbocycles. The Balaban J connectivity index is 2.53. The lowest BCUT2D eigenvalue weighted by atomic mass is 9.79. The molecule has 2 atom stereocenters. The minimum absolute atomic E-state index is 0.0105. The standard InChI is InChI=1S/C17H28N2O2/c1-13(19-16(20)10-15(12-18)21-4)11-17(2,3)14-8-6-5-7-9-14/h5-9,13,15H,10-12,18H2,1-4H3,(H,19,20). The number of hydrogen-bond acceptors (Lipinski definition) is 3. The molecule has 0 fully saturated rings. The van der Waals surface area contributed by atoms with E-state index in [0.717, 1.165) is 6.42 Å². The van der Waals surface area contributed by atoms with E-state index in [-0.39, 0.29) is 23.5 Å². The van der Waals surface area contributed by atoms with Crippen LogP contribution in [-0.4, -0.2) is 31.7 Å². The molecule has 1 aromatic rings. The van der Waals surface area contributed by atoms with E-state index in [1.807, 2.05) is 25.1 Å². The predicted octanol–water partition coefficient (Wildman–Crippen LogP) is 2.22. The van der Waals surface area contributed by atoms with Gasteiger partial charge in [-0.25, -0.2) is 0 Å². The molecule has 21 heavy (non-hydrogen) atoms. The molecular weight excluding hydrogens is 264 g/mol. The molecular formula is C17H28N2O2. The quantitative estimate of drug-likeness (QED) is 0.772. The molecule has 1 aromatic carbocycles. The van der Waals surface area contributed by atoms with Crippen molar-refractivity contribution >= 4 is 5.91 Å². The summed E-state index contributed by atoms with van der Waals surface area (Å²) in [7, 11) is 1.58. The topological polar surface area (TPSA) is 64.3 Å². The van der Waals surface area contributed by atoms with Crippen LogP contribution in [0.2, 0.25) is 0 Å². The lowest BCUT2D eigenvalue weighted by Crippen LogP contribution is -2.39. The van der Waals surface area contributed by atoms with Crippen molar-refractivity contribution in [2.24, 2.45) is 5.73 Å². The normalized spacial score (nSPS) is 14.5. The van der Waals surface area contributed by atoms with Crippen molar-refractivity contribution in [3.63, 3.8) is 0 Å². The first kappa shape index (κ1) is 17.7. The number of carbonyl (C=O) groups excluding carboxylic acids is 1. The van der Waals surface area contributed by atoms with Crippen molar-refractivity contribution < 1.29 is 9.53 Å². The predicted molar refractivity (Wildman–Crippen MR) is 86.2 cm³/mol. The Morgan fingerprint density at radius 1 is 1.33 bits per heavy atom. The van der Waals surface area contributed by atoms with Gasteiger partial charge in [0.15, 0.2) is 0 Å². The third-order valence-electron chi connectivity index (χ3n) is 3.79. The van der Waals surface area contributed by atoms with Gasteiger partial charge in [-0.15, -0.1) is 0 Å². The number of methoxy groups -OCH3 is 1. The number of nitrogens with one attached hydrogen (secondary N) is 1. The van der Waals surface area contributed by atoms with E-state index >= 15 is 0 Å². The van der Waals surface area contributed by atoms with Crippen LogP contribution in [0.25, 0.3) is 0 Å². The van der Waals surface area contributed by atoms with Crippen LogP contribution in [0, 0.1) is 0 Å². The first-order valence-electron chi connectivity index (χ1n) is 7.46. The molecule has 0 spiro atoms. The van der Waals surface area contributed by atoms with Gasteiger partial charge < -0.3 is 15.8 Å². The number of benzene rings is 1. The van der Waals surface area contributed by atoms with E-state index < -0.39 is 0 Å². The fourth-order valence-corrected chi connectivity index (χ4v) is 2.63. The Hall–Kier alpha value is -1.39. The SMILES string of the molecule is COC(CN)CC(=O)NC(C)CC(C)(C)c1ccccc1. The second-order valence-electron chi connectivity index (χ2n) is 6.22. The Kier molecular flexibility index (Phi) is 6.85. The molecule has 1 amide bonds. The second-order valence-corrected chi connectivity index (χ2v) is 6.22. The van der Waals surface area contributed by atoms with Crippen LogP contribution >= 0.6 is 0 Å². The minimum Gasteiger partial charge on any atom is -0.380 e. The molecule has 4 nitrogen and oxygen atoms in total. The highest BCUT2D eigenvalue weighted by molar-refractivity contribution is 5.76. The largest absolute Gasteiger partial charge is 0.380 e. The molecule has 2 unspecified atom stereocenters. The molecule has 0 saturated heterocycles. The van der Waals surface area contributed by atoms with E-state index in [0.29, 0.717) is 13.0 Å². The van der Waals surface area contributed by atoms with Crippen LogP contribution < -0.4 is 11.1 Å². The number of amides is 1. The summed E-state index contributed by atoms with van der Waals surface area (Å²) in [6.07, 6.45) is 0.978. The zero-order valence-corrected chi connectivity index (χ0v) is 13.6. The Labute approximate surface area is 128 Å². The first-order chi connectivity index (χ1) is 9.89. The number of hydrogen-bond donors (Lipinski definition) is 2. The van der Waals surface area contributed by atoms with Gasteiger partial charge in [-0.05, 0) is 24.3 Å². The van der Waals surface area contributed by atoms with Crippen LogP contribution in [-0.2, 0) is 14.9 Å². The van der Waals surface area contributed by atoms with Crippen molar-refractivity contribution in [1.29, 1.82) is 0 Å². The lowest BCUT2D eigenvalue weighted by molar-refractivity contribution is -0.124. The van der Waals surface area contributed by atoms with Crippen molar-refractivity contribution in [3.05, 3.63) is 35.9 Å². The molecule has 0 aliphatic heterocycles. The first-order valence-corrected chi connectivity index (χ1v) is 7.46. The molecule has 0 aliphatic rings. The van der Waals surface area contributed by atoms with Crippen molar-refractivity contribution in [2.75, 3.05) is 13.7 Å². The highest BCUT2D eigenvalue weighted by Gasteiger charge is 2.24. The number of nitrogens with two attached hydrogens (primary N) is 1. The molecule has 4 heteroatoms. The van der Waals surface area contributed by atoms with Gasteiger partial charge in [0.25, 0.3) is 0 Å². The third-order valence-corrected chi connectivity index (χ3v) is 3.79. The summed E-state index contributed by atoms with van der Waals surface area (Å²) in [6.45, 7) is 6.78. The van der Waals surface area contributed by atoms with Gasteiger partial charge in [0.1, 0.15) is 0 Å². The molecule has 1 rings (SSSR count). The van der Waals surface area contributed by atoms with Crippen molar-refractivity contribution in [1.82, 2.24) is 5.32 Å². The van der Waals surface area contributed by atoms with E-state index in [2.05, 4.69) is 31.3 Å². The maximum absolute atomic E-state index is 12.0. The van der Waals surface area contributed by atoms with Gasteiger partial charge >= 0.3 is 0 Å². The molecule has 118 valence electrons. The van der Waals surface area contributed by atoms with Crippen LogP contribution in [0.3, 0.4) is 0 Å². The van der Waals surface area contributed by atoms with Gasteiger partial charge in [0.05, 0.1) is 12.5 Å². The fourth-order valence-electron chi connectivity index (χ4n) is 2.63. The van der Waals surface area contributed by atoms with Gasteiger partial charge in [-0.3, -0.25) is 4.79 Å². The van der Waals surface area contributed by atoms with Crippen LogP contribution in [0.4, 0.5) is 0 Å². The van der Waals surface area contributed by atoms with Crippen LogP contribution in [0.15, 0.2) is 30.3 Å². The van der Waals surface area contributed by atoms with E-state index in [1.54, 1.807) is 7.11 Å². The average Bonchev–Trinajstić information content (AvgIpc) is 2.45. The molecule has 3 N–H and O–H groups in total. The summed E-state index contributed by atoms with van der Waals surface area (Å²) < 4.78 is 5.14. The maximum atomic E-state index is 12.0. The highest BCUT2D eigenvalue weighted by atomic mass is 16.5. The van der Waals surface area contributed by atoms with Crippen LogP contribution in [0.5, 0.6) is 0 Å². The van der Waals surface area contributed by atoms with Crippen molar-refractivity contribution in [3.8, 4) is 0 Å². The van der Waals surface area contributed by atoms with Gasteiger partial charge in [0, 0.05) is 19.7 Å². The summed E-state index contributed by atoms with van der Waals surface area (Å²) in [5.74, 6) is -0.0105. The van der Waals surface area contributed by atoms with E-state index in [1.165, 1.54) is 5.56 Å². The summed E-state index contributed by atoms with van der Waals surface area (Å²) in [4.78, 5) is 12.0. The molecule has 0 aromatic heterocycles. The average molecular weight is 292 g/mol. The van der Waals surface area contributed by atoms with Gasteiger partial charge in [0.2, 0.25) is 5.91 Å². The zero-order chi connectivity index (χ0) is 15.9. The van der Waals surface area contributed by atoms with Crippen molar-refractivity contribution in [2.45, 2.75) is 51.2 Å². The lowest BCUT2D eigenvalue weighted by Gasteiger charge is -2.29. The monoisotopic (exact) mass is 292 g/mol. The Morgan fingerprint density at radius 3 is 2.48 bits per heavy atom. The fraction of sp³-hybridized carbons (Fsp3) is 0.588. The highest BCUT2D eigenvalue weighted by Crippen LogP contribution is 2.28. The van der Waals surface area contributed by atoms with E-state index in [4.69, 9.17) is 10.5 Å². The van der Waals surface area contributed by atoms with Gasteiger partial charge in [-0.1, -0.05) is 44.2 Å². The second kappa shape index (κ2) is 8.15. The number of rotatable bonds is 8. The Morgan fingerprint density at radius 2 is 1.95 bits per heavy atom. The molecule has 0 aliphatic carbocycles. The number of ether oxygens (including phenoxy) is 1. The van der Waals surface area contributed by atoms with Crippen LogP contribution in [0.1, 0.15) is 39.2 Å². The zero-order valence-electron chi connectivity index (χ0n) is 13.6. The maximum Gasteiger partial charge on any atom is 0.222 e. The molecule has 0 heterocycles. The summed E-state index contributed by atoms with van der Waals surface area (Å²) in [5.41, 5.74) is 6.83. The third kappa shape index (κ3) is 5.86. The molecule has 0 radical (unpaired) electrons. The van der Waals surface area contributed by atoms with Gasteiger partial charge in [-0.2, -0.15) is 0 Å². The van der Waals surface area contributed by atoms with E-state index in [9.17, 15) is 4.79 Å².